The lowest BCUT2D eigenvalue weighted by molar-refractivity contribution is 0.473. The van der Waals surface area contributed by atoms with E-state index in [1.807, 2.05) is 31.2 Å². The second-order valence-corrected chi connectivity index (χ2v) is 3.68. The van der Waals surface area contributed by atoms with Crippen molar-refractivity contribution in [3.8, 4) is 0 Å². The van der Waals surface area contributed by atoms with Gasteiger partial charge >= 0.3 is 0 Å². The summed E-state index contributed by atoms with van der Waals surface area (Å²) in [4.78, 5) is 4.32. The van der Waals surface area contributed by atoms with Crippen molar-refractivity contribution in [2.75, 3.05) is 0 Å². The maximum absolute atomic E-state index is 5.50. The zero-order chi connectivity index (χ0) is 12.5. The summed E-state index contributed by atoms with van der Waals surface area (Å²) in [6, 6.07) is 8.11. The van der Waals surface area contributed by atoms with Gasteiger partial charge in [-0.25, -0.2) is 4.99 Å². The first-order chi connectivity index (χ1) is 8.27. The van der Waals surface area contributed by atoms with E-state index in [1.54, 1.807) is 12.5 Å². The van der Waals surface area contributed by atoms with Gasteiger partial charge in [0, 0.05) is 11.8 Å². The van der Waals surface area contributed by atoms with Gasteiger partial charge in [0.1, 0.15) is 0 Å². The number of benzene rings is 1. The predicted molar refractivity (Wildman–Crippen MR) is 73.0 cm³/mol. The van der Waals surface area contributed by atoms with Crippen LogP contribution >= 0.6 is 0 Å². The molecule has 0 atom stereocenters. The number of nitrogens with zero attached hydrogens (tertiary/aromatic N) is 1. The van der Waals surface area contributed by atoms with Crippen LogP contribution in [0.1, 0.15) is 31.4 Å². The zero-order valence-electron chi connectivity index (χ0n) is 10.7. The minimum atomic E-state index is 0.622. The molecule has 0 spiro atoms. The predicted octanol–water partition coefficient (Wildman–Crippen LogP) is 4.22. The Morgan fingerprint density at radius 2 is 2.24 bits per heavy atom. The average molecular weight is 229 g/mol. The molecule has 0 fully saturated rings. The quantitative estimate of drug-likeness (QED) is 0.430. The molecule has 0 aliphatic rings. The highest BCUT2D eigenvalue weighted by atomic mass is 16.5. The molecular formula is C15H19NO. The summed E-state index contributed by atoms with van der Waals surface area (Å²) in [6.07, 6.45) is 8.22. The van der Waals surface area contributed by atoms with Gasteiger partial charge in [-0.3, -0.25) is 0 Å². The summed E-state index contributed by atoms with van der Waals surface area (Å²) in [7, 11) is 0. The number of aryl methyl sites for hydroxylation is 1. The van der Waals surface area contributed by atoms with E-state index in [0.29, 0.717) is 5.90 Å². The second-order valence-electron chi connectivity index (χ2n) is 3.68. The van der Waals surface area contributed by atoms with E-state index in [0.717, 1.165) is 12.0 Å². The van der Waals surface area contributed by atoms with Crippen LogP contribution in [0.2, 0.25) is 0 Å². The summed E-state index contributed by atoms with van der Waals surface area (Å²) in [5, 5.41) is 0. The smallest absolute Gasteiger partial charge is 0.225 e. The molecule has 2 nitrogen and oxygen atoms in total. The average Bonchev–Trinajstić information content (AvgIpc) is 2.33. The van der Waals surface area contributed by atoms with Gasteiger partial charge in [-0.1, -0.05) is 36.8 Å². The van der Waals surface area contributed by atoms with Crippen LogP contribution in [0.5, 0.6) is 0 Å². The van der Waals surface area contributed by atoms with Gasteiger partial charge in [0.05, 0.1) is 6.26 Å². The molecule has 1 aromatic carbocycles. The van der Waals surface area contributed by atoms with Crippen molar-refractivity contribution in [3.05, 3.63) is 60.0 Å². The van der Waals surface area contributed by atoms with Gasteiger partial charge in [0.25, 0.3) is 0 Å². The number of allylic oxidation sites excluding steroid dienone is 2. The topological polar surface area (TPSA) is 21.6 Å². The summed E-state index contributed by atoms with van der Waals surface area (Å²) >= 11 is 0. The Bertz CT molecular complexity index is 430. The minimum absolute atomic E-state index is 0.622. The van der Waals surface area contributed by atoms with E-state index < -0.39 is 0 Å². The van der Waals surface area contributed by atoms with Gasteiger partial charge in [0.2, 0.25) is 5.90 Å². The van der Waals surface area contributed by atoms with Crippen LogP contribution in [0.4, 0.5) is 0 Å². The van der Waals surface area contributed by atoms with Crippen LogP contribution in [0, 0.1) is 6.92 Å². The third-order valence-corrected chi connectivity index (χ3v) is 2.11. The molecule has 0 aliphatic heterocycles. The molecule has 0 saturated carbocycles. The van der Waals surface area contributed by atoms with Crippen molar-refractivity contribution in [3.63, 3.8) is 0 Å². The van der Waals surface area contributed by atoms with Crippen LogP contribution in [0.25, 0.3) is 0 Å². The van der Waals surface area contributed by atoms with Gasteiger partial charge in [-0.2, -0.15) is 0 Å². The lowest BCUT2D eigenvalue weighted by Crippen LogP contribution is -2.02. The van der Waals surface area contributed by atoms with E-state index in [9.17, 15) is 0 Å². The summed E-state index contributed by atoms with van der Waals surface area (Å²) in [6.45, 7) is 6.04. The molecule has 0 saturated heterocycles. The standard InChI is InChI=1S/C15H19NO/c1-4-6-10-16-15(17-11-5-2)14-9-7-8-13(3)12-14/h5-12H,4H2,1-3H3/b10-6+,11-5+,16-15?. The van der Waals surface area contributed by atoms with Gasteiger partial charge in [-0.15, -0.1) is 0 Å². The zero-order valence-corrected chi connectivity index (χ0v) is 10.7. The van der Waals surface area contributed by atoms with E-state index in [1.165, 1.54) is 5.56 Å². The number of ether oxygens (including phenoxy) is 1. The second kappa shape index (κ2) is 7.44. The molecule has 0 aliphatic carbocycles. The monoisotopic (exact) mass is 229 g/mol. The van der Waals surface area contributed by atoms with Crippen LogP contribution in [0.15, 0.2) is 53.9 Å². The van der Waals surface area contributed by atoms with E-state index in [2.05, 4.69) is 31.0 Å². The molecule has 0 unspecified atom stereocenters. The number of rotatable bonds is 4. The number of aliphatic imine (C=N–C) groups is 1. The molecule has 0 bridgehead atoms. The largest absolute Gasteiger partial charge is 0.446 e. The third kappa shape index (κ3) is 4.68. The first-order valence-electron chi connectivity index (χ1n) is 5.85. The van der Waals surface area contributed by atoms with Crippen LogP contribution < -0.4 is 0 Å². The molecule has 2 heteroatoms. The van der Waals surface area contributed by atoms with Crippen molar-refractivity contribution in [1.29, 1.82) is 0 Å². The maximum Gasteiger partial charge on any atom is 0.225 e. The first kappa shape index (κ1) is 13.2. The minimum Gasteiger partial charge on any atom is -0.446 e. The first-order valence-corrected chi connectivity index (χ1v) is 5.85. The molecule has 0 aromatic heterocycles. The molecule has 1 aromatic rings. The van der Waals surface area contributed by atoms with E-state index >= 15 is 0 Å². The lowest BCUT2D eigenvalue weighted by atomic mass is 10.1. The fraction of sp³-hybridized carbons (Fsp3) is 0.267. The lowest BCUT2D eigenvalue weighted by Gasteiger charge is -2.05. The highest BCUT2D eigenvalue weighted by molar-refractivity contribution is 5.95. The Morgan fingerprint density at radius 3 is 2.88 bits per heavy atom. The SMILES string of the molecule is C/C=C/OC(=N/C=C/CC)c1cccc(C)c1. The molecule has 17 heavy (non-hydrogen) atoms. The van der Waals surface area contributed by atoms with Crippen molar-refractivity contribution >= 4 is 5.90 Å². The molecule has 90 valence electrons. The van der Waals surface area contributed by atoms with Crippen molar-refractivity contribution in [1.82, 2.24) is 0 Å². The van der Waals surface area contributed by atoms with Crippen LogP contribution in [-0.4, -0.2) is 5.90 Å². The molecule has 0 radical (unpaired) electrons. The van der Waals surface area contributed by atoms with Gasteiger partial charge in [-0.05, 0) is 32.4 Å². The molecule has 1 rings (SSSR count). The van der Waals surface area contributed by atoms with E-state index in [4.69, 9.17) is 4.74 Å². The fourth-order valence-corrected chi connectivity index (χ4v) is 1.31. The summed E-state index contributed by atoms with van der Waals surface area (Å²) in [5.41, 5.74) is 2.18. The molecule has 0 amide bonds. The Labute approximate surface area is 103 Å². The van der Waals surface area contributed by atoms with E-state index in [-0.39, 0.29) is 0 Å². The van der Waals surface area contributed by atoms with Gasteiger partial charge in [0.15, 0.2) is 0 Å². The Kier molecular flexibility index (Phi) is 5.80. The van der Waals surface area contributed by atoms with Gasteiger partial charge < -0.3 is 4.74 Å². The third-order valence-electron chi connectivity index (χ3n) is 2.11. The van der Waals surface area contributed by atoms with Crippen molar-refractivity contribution in [2.45, 2.75) is 27.2 Å². The normalized spacial score (nSPS) is 12.5. The van der Waals surface area contributed by atoms with Crippen LogP contribution in [0.3, 0.4) is 0 Å². The Morgan fingerprint density at radius 1 is 1.41 bits per heavy atom. The maximum atomic E-state index is 5.50. The highest BCUT2D eigenvalue weighted by Gasteiger charge is 2.02. The Hall–Kier alpha value is -1.83. The number of hydrogen-bond acceptors (Lipinski definition) is 2. The molecule has 0 heterocycles. The van der Waals surface area contributed by atoms with Crippen molar-refractivity contribution in [2.24, 2.45) is 4.99 Å². The van der Waals surface area contributed by atoms with Crippen LogP contribution in [-0.2, 0) is 4.74 Å². The molecule has 0 N–H and O–H groups in total. The summed E-state index contributed by atoms with van der Waals surface area (Å²) in [5.74, 6) is 0.622. The fourth-order valence-electron chi connectivity index (χ4n) is 1.31. The highest BCUT2D eigenvalue weighted by Crippen LogP contribution is 2.07. The Balaban J connectivity index is 2.97. The summed E-state index contributed by atoms with van der Waals surface area (Å²) < 4.78 is 5.50. The van der Waals surface area contributed by atoms with Crippen molar-refractivity contribution < 1.29 is 4.74 Å². The molecular weight excluding hydrogens is 210 g/mol. The number of hydrogen-bond donors (Lipinski definition) is 0.